The van der Waals surface area contributed by atoms with Crippen LogP contribution in [0.1, 0.15) is 21.5 Å². The molecule has 0 saturated heterocycles. The number of benzene rings is 2. The van der Waals surface area contributed by atoms with Crippen molar-refractivity contribution in [1.82, 2.24) is 5.32 Å². The molecule has 0 unspecified atom stereocenters. The number of hydrogen-bond acceptors (Lipinski definition) is 4. The molecular formula is C16H16BrNO3. The summed E-state index contributed by atoms with van der Waals surface area (Å²) in [6, 6.07) is 12.5. The van der Waals surface area contributed by atoms with Crippen molar-refractivity contribution in [1.29, 1.82) is 0 Å². The quantitative estimate of drug-likeness (QED) is 0.813. The van der Waals surface area contributed by atoms with E-state index in [4.69, 9.17) is 0 Å². The summed E-state index contributed by atoms with van der Waals surface area (Å²) in [6.45, 7) is 1.37. The second-order valence-electron chi connectivity index (χ2n) is 4.57. The zero-order valence-electron chi connectivity index (χ0n) is 11.6. The zero-order valence-corrected chi connectivity index (χ0v) is 13.2. The summed E-state index contributed by atoms with van der Waals surface area (Å²) in [5, 5.41) is 12.5. The van der Waals surface area contributed by atoms with Crippen molar-refractivity contribution in [2.24, 2.45) is 0 Å². The van der Waals surface area contributed by atoms with Crippen molar-refractivity contribution in [3.05, 3.63) is 63.6 Å². The van der Waals surface area contributed by atoms with Crippen molar-refractivity contribution in [3.8, 4) is 5.75 Å². The lowest BCUT2D eigenvalue weighted by Crippen LogP contribution is -2.13. The Balaban J connectivity index is 1.94. The molecule has 0 amide bonds. The Labute approximate surface area is 131 Å². The summed E-state index contributed by atoms with van der Waals surface area (Å²) in [4.78, 5) is 11.4. The van der Waals surface area contributed by atoms with Crippen LogP contribution in [0.15, 0.2) is 46.9 Å². The highest BCUT2D eigenvalue weighted by molar-refractivity contribution is 9.10. The van der Waals surface area contributed by atoms with Crippen molar-refractivity contribution in [2.45, 2.75) is 13.1 Å². The van der Waals surface area contributed by atoms with Gasteiger partial charge in [0.05, 0.1) is 12.7 Å². The average Bonchev–Trinajstić information content (AvgIpc) is 2.50. The maximum Gasteiger partial charge on any atom is 0.337 e. The third-order valence-electron chi connectivity index (χ3n) is 3.06. The molecule has 4 nitrogen and oxygen atoms in total. The normalized spacial score (nSPS) is 10.4. The first kappa shape index (κ1) is 15.5. The second kappa shape index (κ2) is 7.24. The molecule has 2 rings (SSSR count). The van der Waals surface area contributed by atoms with Gasteiger partial charge in [-0.25, -0.2) is 4.79 Å². The molecule has 0 atom stereocenters. The summed E-state index contributed by atoms with van der Waals surface area (Å²) >= 11 is 3.46. The highest BCUT2D eigenvalue weighted by Gasteiger charge is 2.08. The van der Waals surface area contributed by atoms with Gasteiger partial charge in [0, 0.05) is 17.6 Å². The lowest BCUT2D eigenvalue weighted by molar-refractivity contribution is 0.0600. The predicted molar refractivity (Wildman–Crippen MR) is 84.1 cm³/mol. The van der Waals surface area contributed by atoms with E-state index in [0.29, 0.717) is 18.7 Å². The molecule has 110 valence electrons. The third-order valence-corrected chi connectivity index (χ3v) is 3.79. The molecule has 0 radical (unpaired) electrons. The summed E-state index contributed by atoms with van der Waals surface area (Å²) in [5.41, 5.74) is 2.67. The minimum Gasteiger partial charge on any atom is -0.508 e. The number of carbonyl (C=O) groups excluding carboxylic acids is 1. The highest BCUT2D eigenvalue weighted by Crippen LogP contribution is 2.19. The number of aromatic hydroxyl groups is 1. The summed E-state index contributed by atoms with van der Waals surface area (Å²) in [7, 11) is 1.36. The van der Waals surface area contributed by atoms with Crippen molar-refractivity contribution in [3.63, 3.8) is 0 Å². The Bertz CT molecular complexity index is 626. The number of phenols is 1. The molecule has 2 aromatic rings. The Hall–Kier alpha value is -1.85. The van der Waals surface area contributed by atoms with E-state index in [-0.39, 0.29) is 11.7 Å². The molecule has 0 fully saturated rings. The largest absolute Gasteiger partial charge is 0.508 e. The Morgan fingerprint density at radius 1 is 1.19 bits per heavy atom. The van der Waals surface area contributed by atoms with Crippen LogP contribution >= 0.6 is 15.9 Å². The number of halogens is 1. The fourth-order valence-electron chi connectivity index (χ4n) is 1.89. The number of phenolic OH excluding ortho intramolecular Hbond substituents is 1. The van der Waals surface area contributed by atoms with Gasteiger partial charge in [-0.2, -0.15) is 0 Å². The predicted octanol–water partition coefficient (Wildman–Crippen LogP) is 3.23. The van der Waals surface area contributed by atoms with Gasteiger partial charge in [-0.05, 0) is 35.4 Å². The summed E-state index contributed by atoms with van der Waals surface area (Å²) in [5.74, 6) is -0.0841. The molecule has 0 heterocycles. The maximum atomic E-state index is 11.4. The number of hydrogen-bond donors (Lipinski definition) is 2. The topological polar surface area (TPSA) is 58.6 Å². The smallest absolute Gasteiger partial charge is 0.337 e. The molecule has 2 aromatic carbocycles. The van der Waals surface area contributed by atoms with Gasteiger partial charge >= 0.3 is 5.97 Å². The van der Waals surface area contributed by atoms with Gasteiger partial charge in [-0.15, -0.1) is 0 Å². The standard InChI is InChI=1S/C16H16BrNO3/c1-21-16(20)12-4-5-13(15(17)8-12)10-18-9-11-2-6-14(19)7-3-11/h2-8,18-19H,9-10H2,1H3. The lowest BCUT2D eigenvalue weighted by atomic mass is 10.1. The first-order chi connectivity index (χ1) is 10.1. The van der Waals surface area contributed by atoms with Gasteiger partial charge in [0.25, 0.3) is 0 Å². The van der Waals surface area contributed by atoms with Gasteiger partial charge in [-0.1, -0.05) is 34.1 Å². The number of methoxy groups -OCH3 is 1. The van der Waals surface area contributed by atoms with Crippen LogP contribution in [-0.4, -0.2) is 18.2 Å². The third kappa shape index (κ3) is 4.31. The number of nitrogens with one attached hydrogen (secondary N) is 1. The van der Waals surface area contributed by atoms with Crippen LogP contribution in [0.3, 0.4) is 0 Å². The minimum absolute atomic E-state index is 0.264. The summed E-state index contributed by atoms with van der Waals surface area (Å²) < 4.78 is 5.55. The van der Waals surface area contributed by atoms with Crippen LogP contribution in [0, 0.1) is 0 Å². The van der Waals surface area contributed by atoms with Gasteiger partial charge in [0.1, 0.15) is 5.75 Å². The zero-order chi connectivity index (χ0) is 15.2. The van der Waals surface area contributed by atoms with Gasteiger partial charge in [0.2, 0.25) is 0 Å². The van der Waals surface area contributed by atoms with Gasteiger partial charge in [-0.3, -0.25) is 0 Å². The number of rotatable bonds is 5. The van der Waals surface area contributed by atoms with Crippen LogP contribution < -0.4 is 5.32 Å². The second-order valence-corrected chi connectivity index (χ2v) is 5.42. The van der Waals surface area contributed by atoms with E-state index in [0.717, 1.165) is 15.6 Å². The number of esters is 1. The van der Waals surface area contributed by atoms with Gasteiger partial charge < -0.3 is 15.2 Å². The summed E-state index contributed by atoms with van der Waals surface area (Å²) in [6.07, 6.45) is 0. The van der Waals surface area contributed by atoms with E-state index in [9.17, 15) is 9.90 Å². The maximum absolute atomic E-state index is 11.4. The molecule has 5 heteroatoms. The first-order valence-corrected chi connectivity index (χ1v) is 7.25. The van der Waals surface area contributed by atoms with Crippen molar-refractivity contribution >= 4 is 21.9 Å². The Kier molecular flexibility index (Phi) is 5.36. The SMILES string of the molecule is COC(=O)c1ccc(CNCc2ccc(O)cc2)c(Br)c1. The van der Waals surface area contributed by atoms with Crippen molar-refractivity contribution < 1.29 is 14.6 Å². The minimum atomic E-state index is -0.348. The van der Waals surface area contributed by atoms with E-state index in [1.54, 1.807) is 24.3 Å². The molecular weight excluding hydrogens is 334 g/mol. The lowest BCUT2D eigenvalue weighted by Gasteiger charge is -2.08. The number of carbonyl (C=O) groups is 1. The van der Waals surface area contributed by atoms with E-state index >= 15 is 0 Å². The number of ether oxygens (including phenoxy) is 1. The fraction of sp³-hybridized carbons (Fsp3) is 0.188. The van der Waals surface area contributed by atoms with Crippen LogP contribution in [-0.2, 0) is 17.8 Å². The van der Waals surface area contributed by atoms with Crippen LogP contribution in [0.25, 0.3) is 0 Å². The molecule has 0 aliphatic carbocycles. The Morgan fingerprint density at radius 2 is 1.90 bits per heavy atom. The molecule has 0 aliphatic heterocycles. The van der Waals surface area contributed by atoms with E-state index in [1.807, 2.05) is 18.2 Å². The monoisotopic (exact) mass is 349 g/mol. The fourth-order valence-corrected chi connectivity index (χ4v) is 2.41. The highest BCUT2D eigenvalue weighted by atomic mass is 79.9. The molecule has 0 aliphatic rings. The van der Waals surface area contributed by atoms with E-state index in [1.165, 1.54) is 7.11 Å². The van der Waals surface area contributed by atoms with E-state index in [2.05, 4.69) is 26.0 Å². The molecule has 21 heavy (non-hydrogen) atoms. The van der Waals surface area contributed by atoms with E-state index < -0.39 is 0 Å². The first-order valence-electron chi connectivity index (χ1n) is 6.45. The van der Waals surface area contributed by atoms with Crippen LogP contribution in [0.2, 0.25) is 0 Å². The molecule has 2 N–H and O–H groups in total. The average molecular weight is 350 g/mol. The molecule has 0 saturated carbocycles. The van der Waals surface area contributed by atoms with Crippen molar-refractivity contribution in [2.75, 3.05) is 7.11 Å². The molecule has 0 aromatic heterocycles. The van der Waals surface area contributed by atoms with Gasteiger partial charge in [0.15, 0.2) is 0 Å². The molecule has 0 spiro atoms. The van der Waals surface area contributed by atoms with Crippen LogP contribution in [0.4, 0.5) is 0 Å². The Morgan fingerprint density at radius 3 is 2.52 bits per heavy atom. The molecule has 0 bridgehead atoms. The van der Waals surface area contributed by atoms with Crippen LogP contribution in [0.5, 0.6) is 5.75 Å².